The molecule has 1 unspecified atom stereocenters. The minimum absolute atomic E-state index is 0.223. The summed E-state index contributed by atoms with van der Waals surface area (Å²) in [4.78, 5) is 25.0. The Bertz CT molecular complexity index is 313. The maximum absolute atomic E-state index is 12.1. The molecule has 0 N–H and O–H groups in total. The summed E-state index contributed by atoms with van der Waals surface area (Å²) in [5.74, 6) is 0.362. The fraction of sp³-hybridized carbons (Fsp3) is 0.846. The van der Waals surface area contributed by atoms with Gasteiger partial charge in [0.15, 0.2) is 0 Å². The van der Waals surface area contributed by atoms with Crippen LogP contribution in [0.2, 0.25) is 0 Å². The molecule has 0 bridgehead atoms. The quantitative estimate of drug-likeness (QED) is 0.707. The fourth-order valence-electron chi connectivity index (χ4n) is 2.02. The third-order valence-corrected chi connectivity index (χ3v) is 3.11. The van der Waals surface area contributed by atoms with E-state index < -0.39 is 5.60 Å². The molecule has 96 valence electrons. The van der Waals surface area contributed by atoms with Gasteiger partial charge >= 0.3 is 6.09 Å². The fourth-order valence-corrected chi connectivity index (χ4v) is 2.02. The Morgan fingerprint density at radius 2 is 1.88 bits per heavy atom. The van der Waals surface area contributed by atoms with Crippen LogP contribution in [0, 0.1) is 5.92 Å². The Labute approximate surface area is 102 Å². The second-order valence-electron chi connectivity index (χ2n) is 6.08. The van der Waals surface area contributed by atoms with Gasteiger partial charge in [0.25, 0.3) is 0 Å². The summed E-state index contributed by atoms with van der Waals surface area (Å²) in [5, 5.41) is 0. The maximum Gasteiger partial charge on any atom is 0.411 e. The lowest BCUT2D eigenvalue weighted by Crippen LogP contribution is -2.46. The van der Waals surface area contributed by atoms with E-state index in [2.05, 4.69) is 0 Å². The van der Waals surface area contributed by atoms with Crippen molar-refractivity contribution in [1.29, 1.82) is 0 Å². The zero-order valence-electron chi connectivity index (χ0n) is 10.8. The normalized spacial score (nSPS) is 21.8. The molecule has 2 fully saturated rings. The zero-order chi connectivity index (χ0) is 12.6. The van der Waals surface area contributed by atoms with Crippen molar-refractivity contribution in [3.8, 4) is 0 Å². The van der Waals surface area contributed by atoms with E-state index in [0.29, 0.717) is 5.92 Å². The molecule has 0 heterocycles. The van der Waals surface area contributed by atoms with Gasteiger partial charge in [-0.3, -0.25) is 4.90 Å². The number of hydrogen-bond acceptors (Lipinski definition) is 3. The smallest absolute Gasteiger partial charge is 0.411 e. The molecule has 0 aromatic heterocycles. The lowest BCUT2D eigenvalue weighted by molar-refractivity contribution is -0.113. The van der Waals surface area contributed by atoms with Crippen LogP contribution in [0.1, 0.15) is 46.5 Å². The molecule has 1 amide bonds. The van der Waals surface area contributed by atoms with Gasteiger partial charge in [0.1, 0.15) is 11.9 Å². The second-order valence-corrected chi connectivity index (χ2v) is 6.08. The minimum atomic E-state index is -0.499. The average Bonchev–Trinajstić information content (AvgIpc) is 3.00. The predicted octanol–water partition coefficient (Wildman–Crippen LogP) is 2.36. The summed E-state index contributed by atoms with van der Waals surface area (Å²) in [7, 11) is 0. The first-order valence-corrected chi connectivity index (χ1v) is 6.39. The number of carbonyl (C=O) groups is 2. The van der Waals surface area contributed by atoms with E-state index in [1.165, 1.54) is 0 Å². The summed E-state index contributed by atoms with van der Waals surface area (Å²) in [6, 6.07) is -0.0435. The molecule has 2 aliphatic rings. The lowest BCUT2D eigenvalue weighted by atomic mass is 10.1. The molecule has 0 saturated heterocycles. The van der Waals surface area contributed by atoms with Gasteiger partial charge in [-0.05, 0) is 52.4 Å². The molecule has 0 aromatic carbocycles. The Morgan fingerprint density at radius 3 is 2.24 bits per heavy atom. The van der Waals surface area contributed by atoms with E-state index >= 15 is 0 Å². The zero-order valence-corrected chi connectivity index (χ0v) is 10.8. The van der Waals surface area contributed by atoms with Crippen LogP contribution in [0.4, 0.5) is 4.79 Å². The predicted molar refractivity (Wildman–Crippen MR) is 63.7 cm³/mol. The van der Waals surface area contributed by atoms with Crippen LogP contribution in [-0.2, 0) is 9.53 Å². The van der Waals surface area contributed by atoms with Crippen LogP contribution < -0.4 is 0 Å². The molecular formula is C13H21NO3. The molecule has 4 heteroatoms. The standard InChI is InChI=1S/C13H21NO3/c1-13(2,3)17-12(16)14(10-6-7-10)11(8-15)9-4-5-9/h8-11H,4-7H2,1-3H3. The minimum Gasteiger partial charge on any atom is -0.444 e. The van der Waals surface area contributed by atoms with Gasteiger partial charge in [0.2, 0.25) is 0 Å². The van der Waals surface area contributed by atoms with Crippen LogP contribution in [-0.4, -0.2) is 35.0 Å². The van der Waals surface area contributed by atoms with Gasteiger partial charge in [-0.1, -0.05) is 0 Å². The topological polar surface area (TPSA) is 46.6 Å². The van der Waals surface area contributed by atoms with Crippen molar-refractivity contribution in [2.75, 3.05) is 0 Å². The van der Waals surface area contributed by atoms with E-state index in [0.717, 1.165) is 32.0 Å². The molecule has 4 nitrogen and oxygen atoms in total. The third kappa shape index (κ3) is 3.20. The van der Waals surface area contributed by atoms with Gasteiger partial charge in [-0.2, -0.15) is 0 Å². The van der Waals surface area contributed by atoms with Crippen LogP contribution in [0.25, 0.3) is 0 Å². The van der Waals surface area contributed by atoms with Gasteiger partial charge in [0.05, 0.1) is 6.04 Å². The van der Waals surface area contributed by atoms with Crippen LogP contribution in [0.3, 0.4) is 0 Å². The lowest BCUT2D eigenvalue weighted by Gasteiger charge is -2.31. The Morgan fingerprint density at radius 1 is 1.29 bits per heavy atom. The number of aldehydes is 1. The summed E-state index contributed by atoms with van der Waals surface area (Å²) in [6.07, 6.45) is 4.68. The summed E-state index contributed by atoms with van der Waals surface area (Å²) in [6.45, 7) is 5.55. The highest BCUT2D eigenvalue weighted by atomic mass is 16.6. The van der Waals surface area contributed by atoms with Crippen molar-refractivity contribution in [3.63, 3.8) is 0 Å². The van der Waals surface area contributed by atoms with Crippen LogP contribution >= 0.6 is 0 Å². The van der Waals surface area contributed by atoms with Crippen molar-refractivity contribution in [1.82, 2.24) is 4.90 Å². The van der Waals surface area contributed by atoms with Crippen LogP contribution in [0.5, 0.6) is 0 Å². The number of amides is 1. The van der Waals surface area contributed by atoms with E-state index in [4.69, 9.17) is 4.74 Å². The van der Waals surface area contributed by atoms with Crippen molar-refractivity contribution in [3.05, 3.63) is 0 Å². The molecule has 1 atom stereocenters. The molecule has 2 aliphatic carbocycles. The first kappa shape index (κ1) is 12.4. The van der Waals surface area contributed by atoms with Gasteiger partial charge in [0, 0.05) is 6.04 Å². The number of carbonyl (C=O) groups excluding carboxylic acids is 2. The van der Waals surface area contributed by atoms with Gasteiger partial charge < -0.3 is 9.53 Å². The molecule has 0 aromatic rings. The van der Waals surface area contributed by atoms with Crippen LogP contribution in [0.15, 0.2) is 0 Å². The SMILES string of the molecule is CC(C)(C)OC(=O)N(C1CC1)C(C=O)C1CC1. The monoisotopic (exact) mass is 239 g/mol. The van der Waals surface area contributed by atoms with E-state index in [-0.39, 0.29) is 18.2 Å². The highest BCUT2D eigenvalue weighted by molar-refractivity contribution is 5.75. The van der Waals surface area contributed by atoms with Crippen molar-refractivity contribution >= 4 is 12.4 Å². The molecular weight excluding hydrogens is 218 g/mol. The largest absolute Gasteiger partial charge is 0.444 e. The first-order chi connectivity index (χ1) is 7.92. The van der Waals surface area contributed by atoms with E-state index in [1.807, 2.05) is 20.8 Å². The van der Waals surface area contributed by atoms with E-state index in [1.54, 1.807) is 4.90 Å². The van der Waals surface area contributed by atoms with Crippen molar-refractivity contribution in [2.24, 2.45) is 5.92 Å². The second kappa shape index (κ2) is 4.31. The summed E-state index contributed by atoms with van der Waals surface area (Å²) in [5.41, 5.74) is -0.499. The molecule has 17 heavy (non-hydrogen) atoms. The molecule has 0 radical (unpaired) electrons. The van der Waals surface area contributed by atoms with Crippen molar-refractivity contribution < 1.29 is 14.3 Å². The number of ether oxygens (including phenoxy) is 1. The highest BCUT2D eigenvalue weighted by Crippen LogP contribution is 2.39. The molecule has 2 rings (SSSR count). The molecule has 0 spiro atoms. The molecule has 2 saturated carbocycles. The van der Waals surface area contributed by atoms with Gasteiger partial charge in [-0.25, -0.2) is 4.79 Å². The highest BCUT2D eigenvalue weighted by Gasteiger charge is 2.45. The van der Waals surface area contributed by atoms with Crippen molar-refractivity contribution in [2.45, 2.75) is 64.1 Å². The number of hydrogen-bond donors (Lipinski definition) is 0. The maximum atomic E-state index is 12.1. The Kier molecular flexibility index (Phi) is 3.15. The Hall–Kier alpha value is -1.06. The van der Waals surface area contributed by atoms with Gasteiger partial charge in [-0.15, -0.1) is 0 Å². The first-order valence-electron chi connectivity index (χ1n) is 6.39. The summed E-state index contributed by atoms with van der Waals surface area (Å²) >= 11 is 0. The average molecular weight is 239 g/mol. The number of nitrogens with zero attached hydrogens (tertiary/aromatic N) is 1. The van der Waals surface area contributed by atoms with E-state index in [9.17, 15) is 9.59 Å². The number of rotatable bonds is 4. The third-order valence-electron chi connectivity index (χ3n) is 3.11. The molecule has 0 aliphatic heterocycles. The Balaban J connectivity index is 2.05. The summed E-state index contributed by atoms with van der Waals surface area (Å²) < 4.78 is 5.39.